The molecule has 12 atom stereocenters. The van der Waals surface area contributed by atoms with Gasteiger partial charge in [-0.05, 0) is 159 Å². The summed E-state index contributed by atoms with van der Waals surface area (Å²) < 4.78 is 2.25. The summed E-state index contributed by atoms with van der Waals surface area (Å²) in [5, 5.41) is 20.3. The van der Waals surface area contributed by atoms with E-state index >= 15 is 0 Å². The van der Waals surface area contributed by atoms with Crippen molar-refractivity contribution in [2.75, 3.05) is 0 Å². The maximum Gasteiger partial charge on any atom is 0.0989 e. The fraction of sp³-hybridized carbons (Fsp3) is 0.652. The summed E-state index contributed by atoms with van der Waals surface area (Å²) in [7, 11) is 0. The van der Waals surface area contributed by atoms with Crippen LogP contribution in [0.4, 0.5) is 0 Å². The minimum Gasteiger partial charge on any atom is -0.393 e. The predicted octanol–water partition coefficient (Wildman–Crippen LogP) is 10.1. The Hall–Kier alpha value is -2.76. The molecule has 0 aliphatic heterocycles. The van der Waals surface area contributed by atoms with E-state index in [1.54, 1.807) is 16.7 Å². The van der Waals surface area contributed by atoms with Gasteiger partial charge in [0, 0.05) is 35.9 Å². The van der Waals surface area contributed by atoms with Crippen LogP contribution in [-0.4, -0.2) is 37.0 Å². The largest absolute Gasteiger partial charge is 0.393 e. The van der Waals surface area contributed by atoms with Crippen LogP contribution in [0, 0.1) is 57.2 Å². The highest BCUT2D eigenvalue weighted by Crippen LogP contribution is 2.67. The number of rotatable bonds is 2. The molecule has 2 heterocycles. The van der Waals surface area contributed by atoms with Gasteiger partial charge in [-0.1, -0.05) is 69.2 Å². The second-order valence-corrected chi connectivity index (χ2v) is 19.1. The Morgan fingerprint density at radius 1 is 0.627 bits per heavy atom. The Morgan fingerprint density at radius 3 is 1.80 bits per heavy atom. The van der Waals surface area contributed by atoms with Crippen molar-refractivity contribution in [3.8, 4) is 0 Å². The zero-order valence-corrected chi connectivity index (χ0v) is 31.6. The first kappa shape index (κ1) is 34.0. The van der Waals surface area contributed by atoms with Gasteiger partial charge in [0.2, 0.25) is 0 Å². The summed E-state index contributed by atoms with van der Waals surface area (Å²) in [4.78, 5) is 8.66. The van der Waals surface area contributed by atoms with Crippen LogP contribution in [0.5, 0.6) is 0 Å². The van der Waals surface area contributed by atoms with Crippen LogP contribution >= 0.6 is 0 Å². The van der Waals surface area contributed by atoms with E-state index in [2.05, 4.69) is 84.9 Å². The zero-order chi connectivity index (χ0) is 35.2. The van der Waals surface area contributed by atoms with Gasteiger partial charge in [-0.3, -0.25) is 4.98 Å². The molecule has 8 aliphatic rings. The van der Waals surface area contributed by atoms with E-state index in [0.29, 0.717) is 16.2 Å². The normalized spacial score (nSPS) is 45.1. The molecule has 5 heteroatoms. The SMILES string of the molecule is C[C@]12CC[C@H](O)CC1=CCC1C2CC[C@]2(C)C(c3cccnc3)=CCC12.C[C@]12CC[C@H](O)CC1=CCC1C2CC[C@]2(C)C(n3ccnc3)=CCC12. The molecule has 4 saturated carbocycles. The molecule has 2 aromatic heterocycles. The molecular formula is C46H61N3O2. The maximum atomic E-state index is 10.2. The van der Waals surface area contributed by atoms with Crippen molar-refractivity contribution in [1.29, 1.82) is 0 Å². The molecule has 8 aliphatic carbocycles. The van der Waals surface area contributed by atoms with Gasteiger partial charge in [0.25, 0.3) is 0 Å². The van der Waals surface area contributed by atoms with Crippen LogP contribution < -0.4 is 0 Å². The molecule has 272 valence electrons. The van der Waals surface area contributed by atoms with Crippen molar-refractivity contribution in [3.63, 3.8) is 0 Å². The van der Waals surface area contributed by atoms with Crippen LogP contribution in [0.2, 0.25) is 0 Å². The summed E-state index contributed by atoms with van der Waals surface area (Å²) >= 11 is 0. The standard InChI is InChI=1S/C24H31NO.C22H30N2O/c1-23-11-9-18(26)14-17(23)5-6-19-21-8-7-20(16-4-3-13-25-15-16)24(21,2)12-10-22(19)23;1-21-9-7-16(25)13-15(21)3-4-17-18-5-6-20(24-12-11-23-14-24)22(18,2)10-8-19(17)21/h3-5,7,13,15,18-19,21-22,26H,6,8-12,14H2,1-2H3;3,6,11-12,14,16-19,25H,4-5,7-10,13H2,1-2H3/t18-,19?,21?,22?,23-,24+;16-,17?,18?,19?,21-,22-/m00/s1. The molecule has 2 N–H and O–H groups in total. The van der Waals surface area contributed by atoms with Crippen molar-refractivity contribution in [1.82, 2.24) is 14.5 Å². The average molecular weight is 688 g/mol. The van der Waals surface area contributed by atoms with Gasteiger partial charge in [-0.15, -0.1) is 0 Å². The number of aliphatic hydroxyl groups is 2. The molecule has 0 aromatic carbocycles. The maximum absolute atomic E-state index is 10.2. The first-order chi connectivity index (χ1) is 24.5. The smallest absolute Gasteiger partial charge is 0.0989 e. The quantitative estimate of drug-likeness (QED) is 0.309. The van der Waals surface area contributed by atoms with Crippen molar-refractivity contribution in [2.45, 2.75) is 130 Å². The van der Waals surface area contributed by atoms with E-state index in [9.17, 15) is 10.2 Å². The molecule has 5 nitrogen and oxygen atoms in total. The van der Waals surface area contributed by atoms with Crippen molar-refractivity contribution in [2.24, 2.45) is 57.2 Å². The second kappa shape index (κ2) is 12.4. The van der Waals surface area contributed by atoms with Gasteiger partial charge < -0.3 is 14.8 Å². The fourth-order valence-electron chi connectivity index (χ4n) is 14.2. The number of aliphatic hydroxyl groups excluding tert-OH is 2. The molecule has 0 spiro atoms. The lowest BCUT2D eigenvalue weighted by molar-refractivity contribution is -0.0249. The van der Waals surface area contributed by atoms with E-state index < -0.39 is 0 Å². The molecule has 10 rings (SSSR count). The molecule has 2 aromatic rings. The van der Waals surface area contributed by atoms with Crippen LogP contribution in [0.3, 0.4) is 0 Å². The number of nitrogens with zero attached hydrogens (tertiary/aromatic N) is 3. The monoisotopic (exact) mass is 687 g/mol. The summed E-state index contributed by atoms with van der Waals surface area (Å²) in [6, 6.07) is 4.31. The van der Waals surface area contributed by atoms with E-state index in [1.807, 2.05) is 24.9 Å². The number of allylic oxidation sites excluding steroid dienone is 6. The highest BCUT2D eigenvalue weighted by molar-refractivity contribution is 5.72. The number of hydrogen-bond donors (Lipinski definition) is 2. The van der Waals surface area contributed by atoms with Crippen LogP contribution in [-0.2, 0) is 0 Å². The Bertz CT molecular complexity index is 1760. The third-order valence-electron chi connectivity index (χ3n) is 17.0. The summed E-state index contributed by atoms with van der Waals surface area (Å²) in [5.41, 5.74) is 8.76. The third kappa shape index (κ3) is 5.21. The summed E-state index contributed by atoms with van der Waals surface area (Å²) in [6.45, 7) is 10.0. The fourth-order valence-corrected chi connectivity index (χ4v) is 14.2. The van der Waals surface area contributed by atoms with Crippen LogP contribution in [0.1, 0.15) is 123 Å². The van der Waals surface area contributed by atoms with Crippen molar-refractivity contribution in [3.05, 3.63) is 84.3 Å². The molecule has 0 bridgehead atoms. The number of pyridine rings is 1. The van der Waals surface area contributed by atoms with Gasteiger partial charge >= 0.3 is 0 Å². The first-order valence-electron chi connectivity index (χ1n) is 20.6. The minimum absolute atomic E-state index is 0.106. The number of imidazole rings is 1. The Morgan fingerprint density at radius 2 is 1.22 bits per heavy atom. The second-order valence-electron chi connectivity index (χ2n) is 19.1. The van der Waals surface area contributed by atoms with E-state index in [4.69, 9.17) is 0 Å². The van der Waals surface area contributed by atoms with E-state index in [-0.39, 0.29) is 17.6 Å². The third-order valence-corrected chi connectivity index (χ3v) is 17.0. The van der Waals surface area contributed by atoms with E-state index in [0.717, 1.165) is 61.2 Å². The minimum atomic E-state index is -0.106. The number of fused-ring (bicyclic) bond motifs is 10. The molecule has 0 radical (unpaired) electrons. The van der Waals surface area contributed by atoms with Gasteiger partial charge in [-0.2, -0.15) is 0 Å². The lowest BCUT2D eigenvalue weighted by Gasteiger charge is -2.57. The number of hydrogen-bond acceptors (Lipinski definition) is 4. The van der Waals surface area contributed by atoms with Crippen molar-refractivity contribution < 1.29 is 10.2 Å². The Kier molecular flexibility index (Phi) is 8.28. The van der Waals surface area contributed by atoms with Crippen LogP contribution in [0.25, 0.3) is 11.3 Å². The number of aromatic nitrogens is 3. The van der Waals surface area contributed by atoms with Crippen LogP contribution in [0.15, 0.2) is 78.7 Å². The Balaban J connectivity index is 0.000000137. The first-order valence-corrected chi connectivity index (χ1v) is 20.6. The molecule has 4 fully saturated rings. The molecule has 0 saturated heterocycles. The Labute approximate surface area is 306 Å². The molecule has 51 heavy (non-hydrogen) atoms. The van der Waals surface area contributed by atoms with Gasteiger partial charge in [0.1, 0.15) is 0 Å². The highest BCUT2D eigenvalue weighted by Gasteiger charge is 2.58. The van der Waals surface area contributed by atoms with Gasteiger partial charge in [0.15, 0.2) is 0 Å². The lowest BCUT2D eigenvalue weighted by Crippen LogP contribution is -2.50. The zero-order valence-electron chi connectivity index (χ0n) is 31.6. The molecule has 6 unspecified atom stereocenters. The highest BCUT2D eigenvalue weighted by atomic mass is 16.3. The van der Waals surface area contributed by atoms with E-state index in [1.165, 1.54) is 75.5 Å². The topological polar surface area (TPSA) is 71.2 Å². The molecular weight excluding hydrogens is 627 g/mol. The lowest BCUT2D eigenvalue weighted by atomic mass is 9.47. The average Bonchev–Trinajstić information content (AvgIpc) is 3.86. The van der Waals surface area contributed by atoms with Crippen molar-refractivity contribution >= 4 is 11.3 Å². The van der Waals surface area contributed by atoms with Gasteiger partial charge in [0.05, 0.1) is 18.5 Å². The predicted molar refractivity (Wildman–Crippen MR) is 205 cm³/mol. The summed E-state index contributed by atoms with van der Waals surface area (Å²) in [5.74, 6) is 4.70. The van der Waals surface area contributed by atoms with Gasteiger partial charge in [-0.25, -0.2) is 4.98 Å². The summed E-state index contributed by atoms with van der Waals surface area (Å²) in [6.07, 6.45) is 36.0. The molecule has 0 amide bonds.